The summed E-state index contributed by atoms with van der Waals surface area (Å²) in [6.45, 7) is 0.171. The lowest BCUT2D eigenvalue weighted by Crippen LogP contribution is -2.17. The molecule has 0 saturated heterocycles. The number of hydrazone groups is 1. The number of para-hydroxylation sites is 1. The van der Waals surface area contributed by atoms with Crippen LogP contribution in [-0.4, -0.2) is 23.5 Å². The molecule has 0 fully saturated rings. The first kappa shape index (κ1) is 15.5. The fourth-order valence-electron chi connectivity index (χ4n) is 2.78. The minimum Gasteiger partial charge on any atom is -0.454 e. The van der Waals surface area contributed by atoms with Crippen molar-refractivity contribution in [3.8, 4) is 11.5 Å². The third-order valence-electron chi connectivity index (χ3n) is 4.00. The van der Waals surface area contributed by atoms with Crippen LogP contribution in [-0.2, 0) is 7.05 Å². The van der Waals surface area contributed by atoms with Gasteiger partial charge in [-0.25, -0.2) is 5.43 Å². The first-order valence-electron chi connectivity index (χ1n) is 7.60. The van der Waals surface area contributed by atoms with Crippen LogP contribution in [0.4, 0.5) is 0 Å². The topological polar surface area (TPSA) is 64.9 Å². The zero-order valence-electron chi connectivity index (χ0n) is 13.3. The molecule has 0 saturated carbocycles. The lowest BCUT2D eigenvalue weighted by atomic mass is 10.2. The Kier molecular flexibility index (Phi) is 3.82. The summed E-state index contributed by atoms with van der Waals surface area (Å²) < 4.78 is 12.5. The fourth-order valence-corrected chi connectivity index (χ4v) is 2.98. The van der Waals surface area contributed by atoms with Crippen LogP contribution in [0.1, 0.15) is 15.9 Å². The number of fused-ring (bicyclic) bond motifs is 2. The van der Waals surface area contributed by atoms with Gasteiger partial charge in [-0.2, -0.15) is 5.10 Å². The molecule has 0 atom stereocenters. The van der Waals surface area contributed by atoms with Gasteiger partial charge in [0.25, 0.3) is 5.91 Å². The van der Waals surface area contributed by atoms with Gasteiger partial charge in [-0.3, -0.25) is 4.79 Å². The predicted octanol–water partition coefficient (Wildman–Crippen LogP) is 3.32. The Bertz CT molecular complexity index is 1010. The highest BCUT2D eigenvalue weighted by Gasteiger charge is 2.16. The van der Waals surface area contributed by atoms with Crippen LogP contribution in [0.3, 0.4) is 0 Å². The highest BCUT2D eigenvalue weighted by molar-refractivity contribution is 6.33. The van der Waals surface area contributed by atoms with Crippen LogP contribution in [0.5, 0.6) is 11.5 Å². The van der Waals surface area contributed by atoms with Gasteiger partial charge in [0, 0.05) is 35.8 Å². The van der Waals surface area contributed by atoms with Crippen molar-refractivity contribution >= 4 is 34.6 Å². The number of carbonyl (C=O) groups is 1. The number of amides is 1. The molecule has 126 valence electrons. The maximum atomic E-state index is 12.4. The van der Waals surface area contributed by atoms with Gasteiger partial charge in [0.1, 0.15) is 0 Å². The van der Waals surface area contributed by atoms with E-state index in [1.54, 1.807) is 18.3 Å². The first-order valence-corrected chi connectivity index (χ1v) is 7.98. The van der Waals surface area contributed by atoms with Gasteiger partial charge >= 0.3 is 0 Å². The zero-order chi connectivity index (χ0) is 17.4. The second kappa shape index (κ2) is 6.14. The third kappa shape index (κ3) is 2.81. The summed E-state index contributed by atoms with van der Waals surface area (Å²) in [5.74, 6) is 0.915. The van der Waals surface area contributed by atoms with E-state index >= 15 is 0 Å². The number of ether oxygens (including phenoxy) is 2. The minimum atomic E-state index is -0.287. The van der Waals surface area contributed by atoms with Crippen molar-refractivity contribution in [2.24, 2.45) is 12.1 Å². The summed E-state index contributed by atoms with van der Waals surface area (Å²) in [5.41, 5.74) is 4.71. The number of hydrogen-bond acceptors (Lipinski definition) is 4. The molecule has 1 aliphatic heterocycles. The van der Waals surface area contributed by atoms with E-state index in [4.69, 9.17) is 21.1 Å². The van der Waals surface area contributed by atoms with Gasteiger partial charge in [-0.1, -0.05) is 29.8 Å². The van der Waals surface area contributed by atoms with Gasteiger partial charge in [0.2, 0.25) is 6.79 Å². The Morgan fingerprint density at radius 1 is 1.28 bits per heavy atom. The minimum absolute atomic E-state index is 0.171. The molecule has 1 aliphatic rings. The number of rotatable bonds is 3. The van der Waals surface area contributed by atoms with Crippen molar-refractivity contribution < 1.29 is 14.3 Å². The van der Waals surface area contributed by atoms with E-state index in [0.29, 0.717) is 27.6 Å². The first-order chi connectivity index (χ1) is 12.1. The molecule has 0 bridgehead atoms. The number of carbonyl (C=O) groups excluding carboxylic acids is 1. The quantitative estimate of drug-likeness (QED) is 0.579. The monoisotopic (exact) mass is 355 g/mol. The molecule has 1 amide bonds. The maximum Gasteiger partial charge on any atom is 0.273 e. The van der Waals surface area contributed by atoms with E-state index in [1.165, 1.54) is 6.21 Å². The smallest absolute Gasteiger partial charge is 0.273 e. The molecular weight excluding hydrogens is 342 g/mol. The van der Waals surface area contributed by atoms with E-state index in [-0.39, 0.29) is 12.7 Å². The molecule has 0 aliphatic carbocycles. The Labute approximate surface area is 148 Å². The van der Waals surface area contributed by atoms with Crippen molar-refractivity contribution in [3.05, 3.63) is 58.7 Å². The van der Waals surface area contributed by atoms with Crippen LogP contribution in [0, 0.1) is 0 Å². The van der Waals surface area contributed by atoms with E-state index in [2.05, 4.69) is 10.5 Å². The van der Waals surface area contributed by atoms with Crippen molar-refractivity contribution in [2.75, 3.05) is 6.79 Å². The van der Waals surface area contributed by atoms with Gasteiger partial charge < -0.3 is 14.0 Å². The number of aryl methyl sites for hydroxylation is 1. The van der Waals surface area contributed by atoms with Crippen molar-refractivity contribution in [2.45, 2.75) is 0 Å². The van der Waals surface area contributed by atoms with E-state index < -0.39 is 0 Å². The Morgan fingerprint density at radius 3 is 2.88 bits per heavy atom. The van der Waals surface area contributed by atoms with Crippen LogP contribution >= 0.6 is 11.6 Å². The van der Waals surface area contributed by atoms with Crippen molar-refractivity contribution in [3.63, 3.8) is 0 Å². The molecule has 0 unspecified atom stereocenters. The fraction of sp³-hybridized carbons (Fsp3) is 0.111. The SMILES string of the molecule is Cn1cc(C(=O)N/N=C/c2cc3c(cc2Cl)OCO3)c2ccccc21. The number of benzene rings is 2. The molecule has 25 heavy (non-hydrogen) atoms. The highest BCUT2D eigenvalue weighted by Crippen LogP contribution is 2.36. The second-order valence-electron chi connectivity index (χ2n) is 5.60. The maximum absolute atomic E-state index is 12.4. The van der Waals surface area contributed by atoms with Gasteiger partial charge in [-0.15, -0.1) is 0 Å². The Hall–Kier alpha value is -2.99. The number of nitrogens with one attached hydrogen (secondary N) is 1. The molecule has 6 nitrogen and oxygen atoms in total. The standard InChI is InChI=1S/C18H14ClN3O3/c1-22-9-13(12-4-2-3-5-15(12)22)18(23)21-20-8-11-6-16-17(7-14(11)19)25-10-24-16/h2-9H,10H2,1H3,(H,21,23)/b20-8+. The van der Waals surface area contributed by atoms with Crippen LogP contribution < -0.4 is 14.9 Å². The number of nitrogens with zero attached hydrogens (tertiary/aromatic N) is 2. The summed E-state index contributed by atoms with van der Waals surface area (Å²) >= 11 is 6.18. The zero-order valence-corrected chi connectivity index (χ0v) is 14.1. The van der Waals surface area contributed by atoms with Crippen molar-refractivity contribution in [1.82, 2.24) is 9.99 Å². The predicted molar refractivity (Wildman–Crippen MR) is 95.6 cm³/mol. The summed E-state index contributed by atoms with van der Waals surface area (Å²) in [6.07, 6.45) is 3.26. The Balaban J connectivity index is 1.55. The molecule has 0 radical (unpaired) electrons. The largest absolute Gasteiger partial charge is 0.454 e. The molecule has 7 heteroatoms. The van der Waals surface area contributed by atoms with E-state index in [9.17, 15) is 4.79 Å². The molecular formula is C18H14ClN3O3. The highest BCUT2D eigenvalue weighted by atomic mass is 35.5. The van der Waals surface area contributed by atoms with E-state index in [1.807, 2.05) is 35.9 Å². The lowest BCUT2D eigenvalue weighted by molar-refractivity contribution is 0.0956. The second-order valence-corrected chi connectivity index (χ2v) is 6.00. The molecule has 1 aromatic heterocycles. The number of hydrogen-bond donors (Lipinski definition) is 1. The average molecular weight is 356 g/mol. The molecule has 3 aromatic rings. The van der Waals surface area contributed by atoms with Gasteiger partial charge in [0.05, 0.1) is 16.8 Å². The molecule has 2 aromatic carbocycles. The summed E-state index contributed by atoms with van der Waals surface area (Å²) in [6, 6.07) is 11.1. The average Bonchev–Trinajstić information content (AvgIpc) is 3.19. The number of halogens is 1. The van der Waals surface area contributed by atoms with Gasteiger partial charge in [-0.05, 0) is 12.1 Å². The van der Waals surface area contributed by atoms with Crippen LogP contribution in [0.2, 0.25) is 5.02 Å². The third-order valence-corrected chi connectivity index (χ3v) is 4.33. The number of aromatic nitrogens is 1. The molecule has 0 spiro atoms. The molecule has 4 rings (SSSR count). The summed E-state index contributed by atoms with van der Waals surface area (Å²) in [4.78, 5) is 12.4. The van der Waals surface area contributed by atoms with Crippen LogP contribution in [0.15, 0.2) is 47.7 Å². The van der Waals surface area contributed by atoms with Gasteiger partial charge in [0.15, 0.2) is 11.5 Å². The molecule has 1 N–H and O–H groups in total. The summed E-state index contributed by atoms with van der Waals surface area (Å²) in [5, 5.41) is 5.34. The molecule has 2 heterocycles. The van der Waals surface area contributed by atoms with E-state index in [0.717, 1.165) is 10.9 Å². The lowest BCUT2D eigenvalue weighted by Gasteiger charge is -2.02. The Morgan fingerprint density at radius 2 is 2.04 bits per heavy atom. The van der Waals surface area contributed by atoms with Crippen LogP contribution in [0.25, 0.3) is 10.9 Å². The summed E-state index contributed by atoms with van der Waals surface area (Å²) in [7, 11) is 1.90. The van der Waals surface area contributed by atoms with Crippen molar-refractivity contribution in [1.29, 1.82) is 0 Å². The normalized spacial score (nSPS) is 12.9.